The first-order chi connectivity index (χ1) is 13.6. The molecule has 2 amide bonds. The molecule has 1 N–H and O–H groups in total. The van der Waals surface area contributed by atoms with Gasteiger partial charge < -0.3 is 9.80 Å². The van der Waals surface area contributed by atoms with Crippen molar-refractivity contribution in [2.24, 2.45) is 0 Å². The molecule has 0 unspecified atom stereocenters. The number of carbonyl (C=O) groups is 2. The highest BCUT2D eigenvalue weighted by molar-refractivity contribution is 5.99. The zero-order valence-electron chi connectivity index (χ0n) is 14.8. The summed E-state index contributed by atoms with van der Waals surface area (Å²) in [6.07, 6.45) is 2.85. The van der Waals surface area contributed by atoms with Gasteiger partial charge in [-0.25, -0.2) is 9.07 Å². The van der Waals surface area contributed by atoms with Crippen LogP contribution in [0.25, 0.3) is 11.3 Å². The number of hydrogen-bond acceptors (Lipinski definition) is 6. The average Bonchev–Trinajstić information content (AvgIpc) is 3.40. The van der Waals surface area contributed by atoms with Crippen LogP contribution in [0.4, 0.5) is 4.39 Å². The van der Waals surface area contributed by atoms with Crippen molar-refractivity contribution >= 4 is 11.8 Å². The topological polar surface area (TPSA) is 113 Å². The Bertz CT molecular complexity index is 961. The molecule has 4 rings (SSSR count). The molecule has 10 nitrogen and oxygen atoms in total. The number of aromatic amines is 1. The number of benzene rings is 1. The highest BCUT2D eigenvalue weighted by Gasteiger charge is 2.27. The second-order valence-electron chi connectivity index (χ2n) is 6.35. The number of amides is 2. The Labute approximate surface area is 158 Å². The lowest BCUT2D eigenvalue weighted by atomic mass is 10.1. The number of H-pyrrole nitrogens is 1. The summed E-state index contributed by atoms with van der Waals surface area (Å²) in [5, 5.41) is 17.5. The summed E-state index contributed by atoms with van der Waals surface area (Å²) in [6, 6.07) is 5.85. The van der Waals surface area contributed by atoms with Crippen LogP contribution in [0.2, 0.25) is 0 Å². The minimum Gasteiger partial charge on any atom is -0.338 e. The van der Waals surface area contributed by atoms with Crippen LogP contribution in [0, 0.1) is 5.82 Å². The Morgan fingerprint density at radius 2 is 1.79 bits per heavy atom. The largest absolute Gasteiger partial charge is 0.338 e. The summed E-state index contributed by atoms with van der Waals surface area (Å²) in [6.45, 7) is 1.74. The van der Waals surface area contributed by atoms with E-state index in [1.165, 1.54) is 29.3 Å². The molecule has 1 fully saturated rings. The molecule has 0 atom stereocenters. The number of piperazine rings is 1. The minimum atomic E-state index is -0.349. The van der Waals surface area contributed by atoms with Crippen LogP contribution in [0.1, 0.15) is 10.4 Å². The van der Waals surface area contributed by atoms with E-state index in [0.29, 0.717) is 43.0 Å². The summed E-state index contributed by atoms with van der Waals surface area (Å²) in [7, 11) is 0. The fourth-order valence-electron chi connectivity index (χ4n) is 3.11. The molecule has 0 radical (unpaired) electrons. The maximum atomic E-state index is 13.2. The Kier molecular flexibility index (Phi) is 4.79. The van der Waals surface area contributed by atoms with Gasteiger partial charge in [-0.15, -0.1) is 5.10 Å². The van der Waals surface area contributed by atoms with Gasteiger partial charge in [0.15, 0.2) is 0 Å². The molecule has 0 spiro atoms. The number of nitrogens with one attached hydrogen (secondary N) is 1. The van der Waals surface area contributed by atoms with Crippen molar-refractivity contribution < 1.29 is 14.0 Å². The summed E-state index contributed by atoms with van der Waals surface area (Å²) in [5.74, 6) is -0.631. The molecule has 11 heteroatoms. The standard InChI is InChI=1S/C17H17FN8O2/c18-13-3-1-12(2-4-13)16-14(9-19-21-16)17(28)25-7-5-24(6-8-25)15(27)10-26-11-20-22-23-26/h1-4,9,11H,5-8,10H2,(H,19,21). The number of nitrogens with zero attached hydrogens (tertiary/aromatic N) is 7. The van der Waals surface area contributed by atoms with Gasteiger partial charge in [0.25, 0.3) is 5.91 Å². The van der Waals surface area contributed by atoms with Gasteiger partial charge >= 0.3 is 0 Å². The SMILES string of the molecule is O=C(Cn1cnnn1)N1CCN(C(=O)c2cn[nH]c2-c2ccc(F)cc2)CC1. The predicted octanol–water partition coefficient (Wildman–Crippen LogP) is 0.187. The summed E-state index contributed by atoms with van der Waals surface area (Å²) in [5.41, 5.74) is 1.64. The summed E-state index contributed by atoms with van der Waals surface area (Å²) in [4.78, 5) is 28.6. The molecule has 1 saturated heterocycles. The van der Waals surface area contributed by atoms with E-state index in [1.54, 1.807) is 21.9 Å². The molecule has 3 aromatic rings. The van der Waals surface area contributed by atoms with Gasteiger partial charge in [-0.2, -0.15) is 5.10 Å². The van der Waals surface area contributed by atoms with E-state index < -0.39 is 0 Å². The number of halogens is 1. The highest BCUT2D eigenvalue weighted by atomic mass is 19.1. The monoisotopic (exact) mass is 384 g/mol. The van der Waals surface area contributed by atoms with Crippen LogP contribution in [0.5, 0.6) is 0 Å². The van der Waals surface area contributed by atoms with Crippen LogP contribution < -0.4 is 0 Å². The van der Waals surface area contributed by atoms with Crippen LogP contribution in [-0.2, 0) is 11.3 Å². The zero-order valence-corrected chi connectivity index (χ0v) is 14.8. The Morgan fingerprint density at radius 1 is 1.07 bits per heavy atom. The molecule has 2 aromatic heterocycles. The van der Waals surface area contributed by atoms with Crippen LogP contribution in [0.15, 0.2) is 36.8 Å². The third-order valence-corrected chi connectivity index (χ3v) is 4.61. The Balaban J connectivity index is 1.40. The molecule has 1 aromatic carbocycles. The molecular weight excluding hydrogens is 367 g/mol. The fraction of sp³-hybridized carbons (Fsp3) is 0.294. The molecule has 28 heavy (non-hydrogen) atoms. The van der Waals surface area contributed by atoms with Crippen LogP contribution in [0.3, 0.4) is 0 Å². The fourth-order valence-corrected chi connectivity index (χ4v) is 3.11. The quantitative estimate of drug-likeness (QED) is 0.687. The molecule has 0 bridgehead atoms. The van der Waals surface area contributed by atoms with Gasteiger partial charge in [0.1, 0.15) is 18.7 Å². The number of hydrogen-bond donors (Lipinski definition) is 1. The molecule has 1 aliphatic rings. The van der Waals surface area contributed by atoms with Crippen LogP contribution >= 0.6 is 0 Å². The Hall–Kier alpha value is -3.63. The van der Waals surface area contributed by atoms with Gasteiger partial charge in [0.2, 0.25) is 5.91 Å². The number of aromatic nitrogens is 6. The lowest BCUT2D eigenvalue weighted by molar-refractivity contribution is -0.133. The van der Waals surface area contributed by atoms with Crippen molar-refractivity contribution in [2.45, 2.75) is 6.54 Å². The van der Waals surface area contributed by atoms with Crippen molar-refractivity contribution in [3.8, 4) is 11.3 Å². The third-order valence-electron chi connectivity index (χ3n) is 4.61. The van der Waals surface area contributed by atoms with Gasteiger partial charge in [-0.3, -0.25) is 14.7 Å². The van der Waals surface area contributed by atoms with E-state index >= 15 is 0 Å². The molecule has 3 heterocycles. The molecular formula is C17H17FN8O2. The molecule has 0 aliphatic carbocycles. The second kappa shape index (κ2) is 7.55. The van der Waals surface area contributed by atoms with E-state index in [1.807, 2.05) is 0 Å². The van der Waals surface area contributed by atoms with Gasteiger partial charge in [-0.1, -0.05) is 0 Å². The maximum absolute atomic E-state index is 13.2. The summed E-state index contributed by atoms with van der Waals surface area (Å²) < 4.78 is 14.5. The van der Waals surface area contributed by atoms with Gasteiger partial charge in [0, 0.05) is 31.7 Å². The highest BCUT2D eigenvalue weighted by Crippen LogP contribution is 2.23. The van der Waals surface area contributed by atoms with Crippen molar-refractivity contribution in [2.75, 3.05) is 26.2 Å². The third kappa shape index (κ3) is 3.59. The first-order valence-corrected chi connectivity index (χ1v) is 8.69. The van der Waals surface area contributed by atoms with Gasteiger partial charge in [0.05, 0.1) is 17.5 Å². The van der Waals surface area contributed by atoms with Crippen LogP contribution in [-0.4, -0.2) is 78.2 Å². The van der Waals surface area contributed by atoms with E-state index in [9.17, 15) is 14.0 Å². The normalized spacial score (nSPS) is 14.3. The minimum absolute atomic E-state index is 0.0669. The first-order valence-electron chi connectivity index (χ1n) is 8.69. The number of rotatable bonds is 4. The van der Waals surface area contributed by atoms with E-state index in [0.717, 1.165) is 0 Å². The molecule has 1 aliphatic heterocycles. The van der Waals surface area contributed by atoms with E-state index in [-0.39, 0.29) is 24.2 Å². The molecule has 144 valence electrons. The average molecular weight is 384 g/mol. The number of carbonyl (C=O) groups excluding carboxylic acids is 2. The van der Waals surface area contributed by atoms with E-state index in [4.69, 9.17) is 0 Å². The van der Waals surface area contributed by atoms with Crippen molar-refractivity contribution in [1.29, 1.82) is 0 Å². The molecule has 0 saturated carbocycles. The number of tetrazole rings is 1. The van der Waals surface area contributed by atoms with Crippen molar-refractivity contribution in [3.63, 3.8) is 0 Å². The predicted molar refractivity (Wildman–Crippen MR) is 94.3 cm³/mol. The zero-order chi connectivity index (χ0) is 19.5. The first kappa shape index (κ1) is 17.8. The Morgan fingerprint density at radius 3 is 2.46 bits per heavy atom. The second-order valence-corrected chi connectivity index (χ2v) is 6.35. The lowest BCUT2D eigenvalue weighted by Gasteiger charge is -2.34. The smallest absolute Gasteiger partial charge is 0.257 e. The van der Waals surface area contributed by atoms with Crippen molar-refractivity contribution in [3.05, 3.63) is 48.2 Å². The van der Waals surface area contributed by atoms with Gasteiger partial charge in [-0.05, 0) is 34.7 Å². The van der Waals surface area contributed by atoms with Crippen molar-refractivity contribution in [1.82, 2.24) is 40.2 Å². The maximum Gasteiger partial charge on any atom is 0.257 e. The lowest BCUT2D eigenvalue weighted by Crippen LogP contribution is -2.51. The summed E-state index contributed by atoms with van der Waals surface area (Å²) >= 11 is 0. The van der Waals surface area contributed by atoms with E-state index in [2.05, 4.69) is 25.7 Å².